The minimum Gasteiger partial charge on any atom is -0.313 e. The Bertz CT molecular complexity index is 435. The maximum atomic E-state index is 3.86. The zero-order valence-electron chi connectivity index (χ0n) is 13.6. The van der Waals surface area contributed by atoms with Crippen molar-refractivity contribution in [2.24, 2.45) is 0 Å². The van der Waals surface area contributed by atoms with Gasteiger partial charge in [-0.3, -0.25) is 0 Å². The molecule has 1 N–H and O–H groups in total. The Morgan fingerprint density at radius 1 is 0.905 bits per heavy atom. The van der Waals surface area contributed by atoms with Gasteiger partial charge in [-0.1, -0.05) is 56.9 Å². The summed E-state index contributed by atoms with van der Waals surface area (Å²) >= 11 is 0. The molecule has 0 aromatic heterocycles. The van der Waals surface area contributed by atoms with E-state index in [0.717, 1.165) is 11.8 Å². The Morgan fingerprint density at radius 3 is 2.38 bits per heavy atom. The van der Waals surface area contributed by atoms with E-state index < -0.39 is 0 Å². The van der Waals surface area contributed by atoms with Gasteiger partial charge in [0.15, 0.2) is 0 Å². The quantitative estimate of drug-likeness (QED) is 0.717. The average Bonchev–Trinajstić information content (AvgIpc) is 2.69. The van der Waals surface area contributed by atoms with Crippen molar-refractivity contribution in [3.8, 4) is 0 Å². The number of hydrogen-bond acceptors (Lipinski definition) is 1. The average molecular weight is 285 g/mol. The number of benzene rings is 1. The van der Waals surface area contributed by atoms with Crippen LogP contribution in [0.2, 0.25) is 0 Å². The van der Waals surface area contributed by atoms with Crippen molar-refractivity contribution in [3.05, 3.63) is 35.4 Å². The van der Waals surface area contributed by atoms with Crippen LogP contribution in [0, 0.1) is 0 Å². The summed E-state index contributed by atoms with van der Waals surface area (Å²) in [4.78, 5) is 0. The topological polar surface area (TPSA) is 12.0 Å². The van der Waals surface area contributed by atoms with Crippen LogP contribution in [0.5, 0.6) is 0 Å². The molecule has 0 bridgehead atoms. The Kier molecular flexibility index (Phi) is 5.35. The predicted octanol–water partition coefficient (Wildman–Crippen LogP) is 5.37. The molecule has 2 unspecified atom stereocenters. The molecule has 0 amide bonds. The summed E-state index contributed by atoms with van der Waals surface area (Å²) in [6.45, 7) is 3.45. The maximum Gasteiger partial charge on any atom is 0.0136 e. The fourth-order valence-electron chi connectivity index (χ4n) is 4.19. The smallest absolute Gasteiger partial charge is 0.0136 e. The molecule has 1 heteroatoms. The van der Waals surface area contributed by atoms with Crippen LogP contribution in [0.4, 0.5) is 0 Å². The molecule has 0 saturated heterocycles. The second-order valence-corrected chi connectivity index (χ2v) is 7.06. The van der Waals surface area contributed by atoms with Gasteiger partial charge in [0.1, 0.15) is 0 Å². The van der Waals surface area contributed by atoms with Crippen LogP contribution in [-0.2, 0) is 0 Å². The molecule has 0 spiro atoms. The van der Waals surface area contributed by atoms with Crippen LogP contribution in [0.1, 0.15) is 87.7 Å². The SMILES string of the molecule is CCCNC1CCCCCC1c1ccccc1C1CCC1. The first-order valence-electron chi connectivity index (χ1n) is 9.22. The molecule has 2 fully saturated rings. The molecule has 2 aliphatic rings. The van der Waals surface area contributed by atoms with Crippen LogP contribution in [-0.4, -0.2) is 12.6 Å². The largest absolute Gasteiger partial charge is 0.313 e. The Hall–Kier alpha value is -0.820. The molecule has 2 atom stereocenters. The highest BCUT2D eigenvalue weighted by molar-refractivity contribution is 5.35. The van der Waals surface area contributed by atoms with E-state index >= 15 is 0 Å². The molecule has 3 rings (SSSR count). The lowest BCUT2D eigenvalue weighted by Crippen LogP contribution is -2.35. The van der Waals surface area contributed by atoms with E-state index in [1.165, 1.54) is 64.3 Å². The van der Waals surface area contributed by atoms with Crippen molar-refractivity contribution in [2.75, 3.05) is 6.54 Å². The van der Waals surface area contributed by atoms with Gasteiger partial charge in [0, 0.05) is 6.04 Å². The summed E-state index contributed by atoms with van der Waals surface area (Å²) in [6.07, 6.45) is 12.5. The molecular weight excluding hydrogens is 254 g/mol. The molecule has 0 aliphatic heterocycles. The van der Waals surface area contributed by atoms with Gasteiger partial charge in [0.2, 0.25) is 0 Å². The van der Waals surface area contributed by atoms with Crippen molar-refractivity contribution < 1.29 is 0 Å². The molecule has 1 aromatic rings. The van der Waals surface area contributed by atoms with E-state index in [-0.39, 0.29) is 0 Å². The number of nitrogens with one attached hydrogen (secondary N) is 1. The lowest BCUT2D eigenvalue weighted by Gasteiger charge is -2.33. The molecule has 0 heterocycles. The standard InChI is InChI=1S/C20H31N/c1-2-15-21-20-14-5-3-4-13-19(20)18-12-7-6-11-17(18)16-9-8-10-16/h6-7,11-12,16,19-21H,2-5,8-10,13-15H2,1H3. The third-order valence-corrected chi connectivity index (χ3v) is 5.61. The zero-order chi connectivity index (χ0) is 14.5. The van der Waals surface area contributed by atoms with Crippen LogP contribution < -0.4 is 5.32 Å². The second-order valence-electron chi connectivity index (χ2n) is 7.06. The molecule has 1 aromatic carbocycles. The highest BCUT2D eigenvalue weighted by Gasteiger charge is 2.29. The lowest BCUT2D eigenvalue weighted by atomic mass is 9.74. The first-order valence-corrected chi connectivity index (χ1v) is 9.22. The minimum absolute atomic E-state index is 0.702. The van der Waals surface area contributed by atoms with Crippen molar-refractivity contribution in [2.45, 2.75) is 82.6 Å². The molecule has 0 radical (unpaired) electrons. The summed E-state index contributed by atoms with van der Waals surface area (Å²) in [7, 11) is 0. The molecule has 2 aliphatic carbocycles. The minimum atomic E-state index is 0.702. The summed E-state index contributed by atoms with van der Waals surface area (Å²) in [5.41, 5.74) is 3.36. The normalized spacial score (nSPS) is 27.1. The van der Waals surface area contributed by atoms with Gasteiger partial charge in [-0.15, -0.1) is 0 Å². The molecule has 2 saturated carbocycles. The number of rotatable bonds is 5. The van der Waals surface area contributed by atoms with E-state index in [2.05, 4.69) is 36.5 Å². The third kappa shape index (κ3) is 3.51. The van der Waals surface area contributed by atoms with Crippen LogP contribution in [0.15, 0.2) is 24.3 Å². The summed E-state index contributed by atoms with van der Waals surface area (Å²) in [5, 5.41) is 3.86. The van der Waals surface area contributed by atoms with Gasteiger partial charge in [-0.05, 0) is 61.6 Å². The fraction of sp³-hybridized carbons (Fsp3) is 0.700. The molecular formula is C20H31N. The highest BCUT2D eigenvalue weighted by atomic mass is 14.9. The van der Waals surface area contributed by atoms with Gasteiger partial charge in [-0.2, -0.15) is 0 Å². The Morgan fingerprint density at radius 2 is 1.67 bits per heavy atom. The van der Waals surface area contributed by atoms with Crippen molar-refractivity contribution in [1.29, 1.82) is 0 Å². The van der Waals surface area contributed by atoms with Gasteiger partial charge < -0.3 is 5.32 Å². The first-order chi connectivity index (χ1) is 10.4. The monoisotopic (exact) mass is 285 g/mol. The summed E-state index contributed by atoms with van der Waals surface area (Å²) in [6, 6.07) is 10.1. The first kappa shape index (κ1) is 15.1. The maximum absolute atomic E-state index is 3.86. The zero-order valence-corrected chi connectivity index (χ0v) is 13.6. The van der Waals surface area contributed by atoms with E-state index in [9.17, 15) is 0 Å². The lowest BCUT2D eigenvalue weighted by molar-refractivity contribution is 0.389. The number of hydrogen-bond donors (Lipinski definition) is 1. The Balaban J connectivity index is 1.84. The van der Waals surface area contributed by atoms with E-state index in [4.69, 9.17) is 0 Å². The van der Waals surface area contributed by atoms with Gasteiger partial charge in [-0.25, -0.2) is 0 Å². The van der Waals surface area contributed by atoms with Crippen LogP contribution in [0.25, 0.3) is 0 Å². The van der Waals surface area contributed by atoms with Gasteiger partial charge in [0.25, 0.3) is 0 Å². The molecule has 21 heavy (non-hydrogen) atoms. The third-order valence-electron chi connectivity index (χ3n) is 5.61. The van der Waals surface area contributed by atoms with Crippen molar-refractivity contribution >= 4 is 0 Å². The van der Waals surface area contributed by atoms with Crippen molar-refractivity contribution in [3.63, 3.8) is 0 Å². The highest BCUT2D eigenvalue weighted by Crippen LogP contribution is 2.42. The second kappa shape index (κ2) is 7.45. The van der Waals surface area contributed by atoms with Crippen LogP contribution in [0.3, 0.4) is 0 Å². The van der Waals surface area contributed by atoms with Crippen molar-refractivity contribution in [1.82, 2.24) is 5.32 Å². The Labute approximate surface area is 130 Å². The fourth-order valence-corrected chi connectivity index (χ4v) is 4.19. The van der Waals surface area contributed by atoms with Crippen LogP contribution >= 0.6 is 0 Å². The van der Waals surface area contributed by atoms with E-state index in [1.54, 1.807) is 11.1 Å². The van der Waals surface area contributed by atoms with E-state index in [1.807, 2.05) is 0 Å². The summed E-state index contributed by atoms with van der Waals surface area (Å²) in [5.74, 6) is 1.60. The van der Waals surface area contributed by atoms with E-state index in [0.29, 0.717) is 6.04 Å². The predicted molar refractivity (Wildman–Crippen MR) is 90.9 cm³/mol. The van der Waals surface area contributed by atoms with Gasteiger partial charge in [0.05, 0.1) is 0 Å². The van der Waals surface area contributed by atoms with Gasteiger partial charge >= 0.3 is 0 Å². The summed E-state index contributed by atoms with van der Waals surface area (Å²) < 4.78 is 0. The molecule has 1 nitrogen and oxygen atoms in total. The molecule has 116 valence electrons.